The summed E-state index contributed by atoms with van der Waals surface area (Å²) in [6.45, 7) is 0. The van der Waals surface area contributed by atoms with E-state index in [4.69, 9.17) is 0 Å². The van der Waals surface area contributed by atoms with E-state index in [1.54, 1.807) is 7.05 Å². The van der Waals surface area contributed by atoms with Gasteiger partial charge in [-0.1, -0.05) is 0 Å². The molecule has 0 aromatic heterocycles. The molecule has 1 aliphatic rings. The second kappa shape index (κ2) is 2.44. The van der Waals surface area contributed by atoms with Crippen molar-refractivity contribution in [3.63, 3.8) is 0 Å². The summed E-state index contributed by atoms with van der Waals surface area (Å²) in [6.07, 6.45) is 1.23. The smallest absolute Gasteiger partial charge is 0.228 e. The van der Waals surface area contributed by atoms with Crippen molar-refractivity contribution in [1.82, 2.24) is 4.90 Å². The molecule has 1 fully saturated rings. The molecule has 0 aromatic rings. The first-order valence-electron chi connectivity index (χ1n) is 3.43. The van der Waals surface area contributed by atoms with Gasteiger partial charge in [-0.15, -0.1) is 0 Å². The van der Waals surface area contributed by atoms with E-state index in [-0.39, 0.29) is 17.6 Å². The van der Waals surface area contributed by atoms with Gasteiger partial charge in [0.15, 0.2) is 0 Å². The standard InChI is InChI=1S/C6H10BNO2/c1-8-5(9)3-2-4(7)6(8)10/h4H,2-3,7H2,1H3/t4-/m0/s1. The van der Waals surface area contributed by atoms with Gasteiger partial charge >= 0.3 is 0 Å². The zero-order valence-corrected chi connectivity index (χ0v) is 6.26. The van der Waals surface area contributed by atoms with Crippen LogP contribution in [0.15, 0.2) is 0 Å². The highest BCUT2D eigenvalue weighted by molar-refractivity contribution is 6.26. The number of piperidine rings is 1. The fourth-order valence-corrected chi connectivity index (χ4v) is 1.08. The molecule has 0 N–H and O–H groups in total. The molecule has 0 aromatic carbocycles. The molecule has 2 amide bonds. The van der Waals surface area contributed by atoms with Crippen LogP contribution in [0.5, 0.6) is 0 Å². The van der Waals surface area contributed by atoms with Gasteiger partial charge in [0.05, 0.1) is 0 Å². The number of carbonyl (C=O) groups excluding carboxylic acids is 2. The van der Waals surface area contributed by atoms with Crippen LogP contribution in [-0.2, 0) is 9.59 Å². The van der Waals surface area contributed by atoms with Gasteiger partial charge in [-0.25, -0.2) is 0 Å². The third-order valence-electron chi connectivity index (χ3n) is 1.92. The van der Waals surface area contributed by atoms with Crippen LogP contribution in [0, 0.1) is 0 Å². The fourth-order valence-electron chi connectivity index (χ4n) is 1.08. The summed E-state index contributed by atoms with van der Waals surface area (Å²) < 4.78 is 0. The van der Waals surface area contributed by atoms with Crippen molar-refractivity contribution in [2.75, 3.05) is 7.05 Å². The summed E-state index contributed by atoms with van der Waals surface area (Å²) in [5, 5.41) is 0. The summed E-state index contributed by atoms with van der Waals surface area (Å²) >= 11 is 0. The lowest BCUT2D eigenvalue weighted by Gasteiger charge is -2.24. The SMILES string of the molecule is B[C@H]1CCC(=O)N(C)C1=O. The van der Waals surface area contributed by atoms with Crippen LogP contribution >= 0.6 is 0 Å². The molecule has 0 spiro atoms. The van der Waals surface area contributed by atoms with Gasteiger partial charge in [-0.05, 0) is 6.42 Å². The van der Waals surface area contributed by atoms with E-state index in [0.29, 0.717) is 12.8 Å². The summed E-state index contributed by atoms with van der Waals surface area (Å²) in [4.78, 5) is 23.1. The lowest BCUT2D eigenvalue weighted by Crippen LogP contribution is -2.39. The maximum absolute atomic E-state index is 11.0. The Balaban J connectivity index is 2.70. The summed E-state index contributed by atoms with van der Waals surface area (Å²) in [6, 6.07) is 0. The van der Waals surface area contributed by atoms with Crippen LogP contribution in [0.2, 0.25) is 5.82 Å². The Bertz CT molecular complexity index is 181. The van der Waals surface area contributed by atoms with Gasteiger partial charge < -0.3 is 0 Å². The topological polar surface area (TPSA) is 37.4 Å². The summed E-state index contributed by atoms with van der Waals surface area (Å²) in [5.74, 6) is -0.0675. The molecule has 54 valence electrons. The monoisotopic (exact) mass is 139 g/mol. The number of nitrogens with zero attached hydrogens (tertiary/aromatic N) is 1. The Kier molecular flexibility index (Phi) is 1.79. The maximum Gasteiger partial charge on any atom is 0.228 e. The first kappa shape index (κ1) is 7.31. The molecule has 1 heterocycles. The Morgan fingerprint density at radius 2 is 2.20 bits per heavy atom. The Labute approximate surface area is 60.8 Å². The van der Waals surface area contributed by atoms with Crippen molar-refractivity contribution in [3.8, 4) is 0 Å². The molecular formula is C6H10BNO2. The van der Waals surface area contributed by atoms with Crippen molar-refractivity contribution in [1.29, 1.82) is 0 Å². The van der Waals surface area contributed by atoms with Crippen molar-refractivity contribution in [2.24, 2.45) is 0 Å². The fraction of sp³-hybridized carbons (Fsp3) is 0.667. The van der Waals surface area contributed by atoms with Gasteiger partial charge in [-0.3, -0.25) is 14.5 Å². The molecule has 0 unspecified atom stereocenters. The minimum Gasteiger partial charge on any atom is -0.286 e. The summed E-state index contributed by atoms with van der Waals surface area (Å²) in [7, 11) is 3.39. The van der Waals surface area contributed by atoms with Crippen molar-refractivity contribution < 1.29 is 9.59 Å². The third kappa shape index (κ3) is 1.06. The van der Waals surface area contributed by atoms with E-state index < -0.39 is 0 Å². The molecule has 1 rings (SSSR count). The highest BCUT2D eigenvalue weighted by Gasteiger charge is 2.27. The van der Waals surface area contributed by atoms with E-state index in [1.165, 1.54) is 4.90 Å². The molecule has 0 saturated carbocycles. The largest absolute Gasteiger partial charge is 0.286 e. The summed E-state index contributed by atoms with van der Waals surface area (Å²) in [5.41, 5.74) is 0. The zero-order chi connectivity index (χ0) is 7.72. The first-order chi connectivity index (χ1) is 4.63. The quantitative estimate of drug-likeness (QED) is 0.325. The number of hydrogen-bond donors (Lipinski definition) is 0. The van der Waals surface area contributed by atoms with E-state index in [1.807, 2.05) is 7.85 Å². The van der Waals surface area contributed by atoms with Crippen molar-refractivity contribution in [3.05, 3.63) is 0 Å². The van der Waals surface area contributed by atoms with Crippen LogP contribution in [-0.4, -0.2) is 31.6 Å². The number of hydrogen-bond acceptors (Lipinski definition) is 2. The molecule has 1 aliphatic heterocycles. The van der Waals surface area contributed by atoms with Gasteiger partial charge in [0.2, 0.25) is 11.8 Å². The molecule has 4 heteroatoms. The van der Waals surface area contributed by atoms with Gasteiger partial charge in [0.25, 0.3) is 0 Å². The first-order valence-corrected chi connectivity index (χ1v) is 3.43. The van der Waals surface area contributed by atoms with E-state index >= 15 is 0 Å². The highest BCUT2D eigenvalue weighted by Crippen LogP contribution is 2.18. The average Bonchev–Trinajstić information content (AvgIpc) is 1.93. The van der Waals surface area contributed by atoms with Crippen molar-refractivity contribution >= 4 is 19.7 Å². The van der Waals surface area contributed by atoms with E-state index in [9.17, 15) is 9.59 Å². The number of imide groups is 1. The molecule has 0 bridgehead atoms. The molecule has 1 saturated heterocycles. The molecule has 10 heavy (non-hydrogen) atoms. The van der Waals surface area contributed by atoms with E-state index in [2.05, 4.69) is 0 Å². The predicted molar refractivity (Wildman–Crippen MR) is 39.3 cm³/mol. The van der Waals surface area contributed by atoms with Crippen LogP contribution in [0.3, 0.4) is 0 Å². The molecule has 0 radical (unpaired) electrons. The van der Waals surface area contributed by atoms with Crippen LogP contribution < -0.4 is 0 Å². The average molecular weight is 139 g/mol. The molecule has 1 atom stereocenters. The second-order valence-corrected chi connectivity index (χ2v) is 2.73. The van der Waals surface area contributed by atoms with Gasteiger partial charge in [0, 0.05) is 19.3 Å². The van der Waals surface area contributed by atoms with Crippen molar-refractivity contribution in [2.45, 2.75) is 18.7 Å². The Morgan fingerprint density at radius 3 is 2.70 bits per heavy atom. The van der Waals surface area contributed by atoms with Crippen LogP contribution in [0.4, 0.5) is 0 Å². The number of carbonyl (C=O) groups is 2. The second-order valence-electron chi connectivity index (χ2n) is 2.73. The van der Waals surface area contributed by atoms with Crippen LogP contribution in [0.1, 0.15) is 12.8 Å². The van der Waals surface area contributed by atoms with Gasteiger partial charge in [-0.2, -0.15) is 0 Å². The van der Waals surface area contributed by atoms with E-state index in [0.717, 1.165) is 0 Å². The normalized spacial score (nSPS) is 27.3. The minimum atomic E-state index is -0.0527. The van der Waals surface area contributed by atoms with Crippen LogP contribution in [0.25, 0.3) is 0 Å². The highest BCUT2D eigenvalue weighted by atomic mass is 16.2. The number of rotatable bonds is 0. The lowest BCUT2D eigenvalue weighted by molar-refractivity contribution is -0.145. The molecular weight excluding hydrogens is 129 g/mol. The Hall–Kier alpha value is -0.795. The third-order valence-corrected chi connectivity index (χ3v) is 1.92. The number of amides is 2. The van der Waals surface area contributed by atoms with Gasteiger partial charge in [0.1, 0.15) is 7.85 Å². The maximum atomic E-state index is 11.0. The zero-order valence-electron chi connectivity index (χ0n) is 6.26. The minimum absolute atomic E-state index is 0.0303. The lowest BCUT2D eigenvalue weighted by atomic mass is 9.80. The molecule has 3 nitrogen and oxygen atoms in total. The molecule has 0 aliphatic carbocycles. The predicted octanol–water partition coefficient (Wildman–Crippen LogP) is -0.813. The number of likely N-dealkylation sites (tertiary alicyclic amines) is 1. The Morgan fingerprint density at radius 1 is 1.60 bits per heavy atom.